The molecule has 3 aromatic carbocycles. The molecule has 0 radical (unpaired) electrons. The number of aromatic amines is 1. The summed E-state index contributed by atoms with van der Waals surface area (Å²) < 4.78 is 34.5. The number of ether oxygens (including phenoxy) is 1. The number of methoxy groups -OCH3 is 1. The number of pyridine rings is 1. The lowest BCUT2D eigenvalue weighted by molar-refractivity contribution is -0.144. The summed E-state index contributed by atoms with van der Waals surface area (Å²) in [4.78, 5) is 71.5. The molecule has 0 saturated carbocycles. The highest BCUT2D eigenvalue weighted by atomic mass is 19.3. The van der Waals surface area contributed by atoms with Crippen LogP contribution >= 0.6 is 0 Å². The second-order valence-electron chi connectivity index (χ2n) is 16.9. The van der Waals surface area contributed by atoms with Crippen molar-refractivity contribution in [2.24, 2.45) is 16.8 Å². The molecule has 0 bridgehead atoms. The van der Waals surface area contributed by atoms with Gasteiger partial charge in [0.1, 0.15) is 11.9 Å². The van der Waals surface area contributed by atoms with Crippen LogP contribution in [0.15, 0.2) is 90.3 Å². The number of esters is 1. The predicted octanol–water partition coefficient (Wildman–Crippen LogP) is 7.76. The number of fused-ring (bicyclic) bond motifs is 1. The van der Waals surface area contributed by atoms with E-state index >= 15 is 0 Å². The van der Waals surface area contributed by atoms with Crippen LogP contribution in [0.4, 0.5) is 19.3 Å². The van der Waals surface area contributed by atoms with E-state index in [-0.39, 0.29) is 24.8 Å². The van der Waals surface area contributed by atoms with Gasteiger partial charge in [0.25, 0.3) is 5.92 Å². The fourth-order valence-electron chi connectivity index (χ4n) is 9.36. The molecule has 3 amide bonds. The molecule has 15 heteroatoms. The lowest BCUT2D eigenvalue weighted by Gasteiger charge is -2.30. The van der Waals surface area contributed by atoms with Crippen molar-refractivity contribution in [1.82, 2.24) is 25.2 Å². The van der Waals surface area contributed by atoms with Crippen molar-refractivity contribution in [3.8, 4) is 22.4 Å². The van der Waals surface area contributed by atoms with Crippen LogP contribution in [-0.4, -0.2) is 86.2 Å². The zero-order valence-corrected chi connectivity index (χ0v) is 34.4. The molecule has 2 aromatic heterocycles. The number of imidazole rings is 1. The van der Waals surface area contributed by atoms with Gasteiger partial charge in [0.05, 0.1) is 55.3 Å². The van der Waals surface area contributed by atoms with Gasteiger partial charge in [-0.1, -0.05) is 68.4 Å². The Hall–Kier alpha value is -6.77. The smallest absolute Gasteiger partial charge is 0.405 e. The summed E-state index contributed by atoms with van der Waals surface area (Å²) >= 11 is 0. The minimum absolute atomic E-state index is 0.0335. The Balaban J connectivity index is 0.884. The zero-order valence-electron chi connectivity index (χ0n) is 34.4. The molecule has 6 heterocycles. The van der Waals surface area contributed by atoms with Crippen LogP contribution in [-0.2, 0) is 32.0 Å². The maximum Gasteiger partial charge on any atom is 0.405 e. The molecular formula is C47H45F2N7O6. The van der Waals surface area contributed by atoms with Gasteiger partial charge in [0.2, 0.25) is 11.8 Å². The van der Waals surface area contributed by atoms with Crippen LogP contribution in [0.2, 0.25) is 0 Å². The average molecular weight is 842 g/mol. The molecule has 4 atom stereocenters. The number of allylic oxidation sites excluding steroid dienone is 1. The van der Waals surface area contributed by atoms with E-state index in [1.54, 1.807) is 32.4 Å². The number of benzene rings is 3. The number of halogens is 2. The molecule has 3 N–H and O–H groups in total. The summed E-state index contributed by atoms with van der Waals surface area (Å²) in [5, 5.41) is 12.4. The van der Waals surface area contributed by atoms with Crippen molar-refractivity contribution in [2.45, 2.75) is 76.4 Å². The number of aliphatic imine (C=N–C) groups is 1. The Morgan fingerprint density at radius 3 is 2.48 bits per heavy atom. The number of carboxylic acid groups (broad SMARTS) is 1. The Morgan fingerprint density at radius 2 is 1.73 bits per heavy atom. The van der Waals surface area contributed by atoms with E-state index in [1.807, 2.05) is 59.5 Å². The van der Waals surface area contributed by atoms with Crippen molar-refractivity contribution in [1.29, 1.82) is 0 Å². The highest BCUT2D eigenvalue weighted by Gasteiger charge is 2.51. The number of nitrogens with one attached hydrogen (secondary N) is 2. The monoisotopic (exact) mass is 841 g/mol. The fraction of sp³-hybridized carbons (Fsp3) is 0.340. The molecule has 62 heavy (non-hydrogen) atoms. The normalized spacial score (nSPS) is 20.8. The van der Waals surface area contributed by atoms with E-state index in [9.17, 15) is 33.1 Å². The van der Waals surface area contributed by atoms with Gasteiger partial charge in [-0.15, -0.1) is 0 Å². The van der Waals surface area contributed by atoms with Crippen molar-refractivity contribution in [2.75, 3.05) is 18.6 Å². The van der Waals surface area contributed by atoms with Crippen LogP contribution in [0.3, 0.4) is 0 Å². The SMILES string of the molecule is COC(=O)C[C@H]1CCc2cccc3c2N(C1=O)[C@H](c1ncc(-c2cnc4cc(-c5ccc(C6=CN=C([C@@H]7CC(F)(F)CN7C(=O)[C@@H](NC(=O)O)C(C)C)C6)cc5)ccc4c2)[nH]1)C3. The fourth-order valence-corrected chi connectivity index (χ4v) is 9.36. The number of rotatable bonds is 10. The lowest BCUT2D eigenvalue weighted by Crippen LogP contribution is -2.53. The Labute approximate surface area is 355 Å². The van der Waals surface area contributed by atoms with E-state index in [1.165, 1.54) is 7.11 Å². The summed E-state index contributed by atoms with van der Waals surface area (Å²) in [7, 11) is 1.34. The molecule has 0 aliphatic carbocycles. The molecule has 5 aromatic rings. The quantitative estimate of drug-likeness (QED) is 0.120. The number of hydrogen-bond donors (Lipinski definition) is 3. The van der Waals surface area contributed by atoms with Crippen LogP contribution in [0, 0.1) is 11.8 Å². The van der Waals surface area contributed by atoms with Crippen molar-refractivity contribution in [3.63, 3.8) is 0 Å². The Bertz CT molecular complexity index is 2690. The Kier molecular flexibility index (Phi) is 10.4. The van der Waals surface area contributed by atoms with Crippen LogP contribution in [0.1, 0.15) is 68.1 Å². The molecule has 0 unspecified atom stereocenters. The second-order valence-corrected chi connectivity index (χ2v) is 16.9. The molecule has 13 nitrogen and oxygen atoms in total. The number of alkyl halides is 2. The Morgan fingerprint density at radius 1 is 0.968 bits per heavy atom. The molecule has 0 spiro atoms. The van der Waals surface area contributed by atoms with Crippen molar-refractivity contribution < 1.29 is 37.8 Å². The number of aromatic nitrogens is 3. The molecule has 9 rings (SSSR count). The van der Waals surface area contributed by atoms with Gasteiger partial charge < -0.3 is 29.9 Å². The maximum absolute atomic E-state index is 14.8. The first-order valence-corrected chi connectivity index (χ1v) is 20.8. The highest BCUT2D eigenvalue weighted by Crippen LogP contribution is 2.46. The van der Waals surface area contributed by atoms with E-state index in [4.69, 9.17) is 14.7 Å². The number of hydrogen-bond acceptors (Lipinski definition) is 8. The summed E-state index contributed by atoms with van der Waals surface area (Å²) in [6, 6.07) is 19.6. The first-order chi connectivity index (χ1) is 29.8. The third-order valence-corrected chi connectivity index (χ3v) is 12.6. The topological polar surface area (TPSA) is 170 Å². The third kappa shape index (κ3) is 7.60. The first kappa shape index (κ1) is 40.6. The maximum atomic E-state index is 14.8. The average Bonchev–Trinajstić information content (AvgIpc) is 4.07. The number of H-pyrrole nitrogens is 1. The van der Waals surface area contributed by atoms with E-state index < -0.39 is 60.8 Å². The predicted molar refractivity (Wildman–Crippen MR) is 228 cm³/mol. The minimum Gasteiger partial charge on any atom is -0.469 e. The number of para-hydroxylation sites is 1. The van der Waals surface area contributed by atoms with Crippen molar-refractivity contribution >= 4 is 51.8 Å². The van der Waals surface area contributed by atoms with E-state index in [2.05, 4.69) is 27.4 Å². The molecule has 1 saturated heterocycles. The molecule has 4 aliphatic heterocycles. The molecular weight excluding hydrogens is 797 g/mol. The number of carbonyl (C=O) groups is 4. The van der Waals surface area contributed by atoms with E-state index in [0.717, 1.165) is 66.1 Å². The largest absolute Gasteiger partial charge is 0.469 e. The zero-order chi connectivity index (χ0) is 43.4. The molecule has 318 valence electrons. The summed E-state index contributed by atoms with van der Waals surface area (Å²) in [5.41, 5.74) is 9.55. The number of nitrogens with zero attached hydrogens (tertiary/aromatic N) is 5. The van der Waals surface area contributed by atoms with Gasteiger partial charge in [-0.25, -0.2) is 18.6 Å². The molecule has 1 fully saturated rings. The molecule has 4 aliphatic rings. The highest BCUT2D eigenvalue weighted by molar-refractivity contribution is 6.04. The minimum atomic E-state index is -3.12. The number of amides is 3. The van der Waals surface area contributed by atoms with Gasteiger partial charge in [-0.05, 0) is 64.3 Å². The van der Waals surface area contributed by atoms with Crippen LogP contribution < -0.4 is 10.2 Å². The second kappa shape index (κ2) is 15.9. The summed E-state index contributed by atoms with van der Waals surface area (Å²) in [6.07, 6.45) is 5.43. The summed E-state index contributed by atoms with van der Waals surface area (Å²) in [5.74, 6) is -4.56. The first-order valence-electron chi connectivity index (χ1n) is 20.8. The van der Waals surface area contributed by atoms with Crippen molar-refractivity contribution in [3.05, 3.63) is 108 Å². The van der Waals surface area contributed by atoms with Gasteiger partial charge in [-0.2, -0.15) is 0 Å². The number of aryl methyl sites for hydroxylation is 1. The summed E-state index contributed by atoms with van der Waals surface area (Å²) in [6.45, 7) is 2.54. The van der Waals surface area contributed by atoms with E-state index in [0.29, 0.717) is 30.8 Å². The number of carbonyl (C=O) groups excluding carboxylic acids is 3. The van der Waals surface area contributed by atoms with Gasteiger partial charge in [0, 0.05) is 54.2 Å². The van der Waals surface area contributed by atoms with Crippen LogP contribution in [0.25, 0.3) is 38.9 Å². The van der Waals surface area contributed by atoms with Gasteiger partial charge >= 0.3 is 12.1 Å². The number of anilines is 1. The van der Waals surface area contributed by atoms with Gasteiger partial charge in [0.15, 0.2) is 0 Å². The standard InChI is InChI=1S/C47H45F2N7O6/c1-25(2)41(54-46(60)61)45(59)55-24-47(48,49)20-39(55)36-17-33(21-51-36)27-9-7-26(8-10-27)29-12-13-30-15-34(22-50-35(30)16-29)37-23-52-43(53-37)38-18-31-6-4-5-28-11-14-32(19-40(57)62-3)44(58)56(38)42(28)31/h4-10,12-13,15-16,21-23,25,32,38-39,41,54H,11,14,17-20,24H2,1-3H3,(H,52,53)(H,60,61)/t32-,38+,39+,41+/m1/s1. The number of likely N-dealkylation sites (tertiary alicyclic amines) is 1. The lowest BCUT2D eigenvalue weighted by atomic mass is 9.95. The third-order valence-electron chi connectivity index (χ3n) is 12.6. The van der Waals surface area contributed by atoms with Gasteiger partial charge in [-0.3, -0.25) is 24.4 Å². The van der Waals surface area contributed by atoms with Crippen LogP contribution in [0.5, 0.6) is 0 Å².